The van der Waals surface area contributed by atoms with Crippen molar-refractivity contribution in [1.82, 2.24) is 5.32 Å². The number of hydrogen-bond acceptors (Lipinski definition) is 2. The summed E-state index contributed by atoms with van der Waals surface area (Å²) in [4.78, 5) is 0. The summed E-state index contributed by atoms with van der Waals surface area (Å²) in [5.74, 6) is 0.271. The zero-order valence-corrected chi connectivity index (χ0v) is 13.7. The molecule has 0 amide bonds. The molecular weight excluding hydrogens is 294 g/mol. The van der Waals surface area contributed by atoms with Crippen LogP contribution in [0.3, 0.4) is 0 Å². The Morgan fingerprint density at radius 1 is 0.955 bits per heavy atom. The van der Waals surface area contributed by atoms with Gasteiger partial charge >= 0.3 is 0 Å². The Bertz CT molecular complexity index is 560. The van der Waals surface area contributed by atoms with Crippen LogP contribution in [0.5, 0.6) is 0 Å². The van der Waals surface area contributed by atoms with Crippen molar-refractivity contribution in [1.29, 1.82) is 0 Å². The first-order valence-corrected chi connectivity index (χ1v) is 7.83. The Labute approximate surface area is 139 Å². The van der Waals surface area contributed by atoms with Crippen LogP contribution in [0.2, 0.25) is 0 Å². The molecule has 1 heterocycles. The molecule has 2 nitrogen and oxygen atoms in total. The standard InChI is InChI=1S/C19H23NO.ClH/c1-2-16-18(21)13-17(14-9-5-3-6-10-14)20-19(16)15-11-7-4-8-12-15;/h3-12,16-21H,2,13H2,1H3;1H. The Kier molecular flexibility index (Phi) is 6.01. The van der Waals surface area contributed by atoms with Gasteiger partial charge in [-0.3, -0.25) is 0 Å². The highest BCUT2D eigenvalue weighted by atomic mass is 35.5. The molecule has 0 saturated carbocycles. The van der Waals surface area contributed by atoms with Gasteiger partial charge in [-0.1, -0.05) is 67.6 Å². The number of aliphatic hydroxyl groups is 1. The minimum absolute atomic E-state index is 0. The van der Waals surface area contributed by atoms with Crippen LogP contribution in [0.4, 0.5) is 0 Å². The third-order valence-electron chi connectivity index (χ3n) is 4.61. The van der Waals surface area contributed by atoms with E-state index in [1.54, 1.807) is 0 Å². The number of aliphatic hydroxyl groups excluding tert-OH is 1. The quantitative estimate of drug-likeness (QED) is 0.886. The van der Waals surface area contributed by atoms with Crippen molar-refractivity contribution in [2.45, 2.75) is 38.0 Å². The van der Waals surface area contributed by atoms with Crippen LogP contribution in [0.1, 0.15) is 43.0 Å². The third kappa shape index (κ3) is 3.52. The number of nitrogens with one attached hydrogen (secondary N) is 1. The van der Waals surface area contributed by atoms with Crippen molar-refractivity contribution in [2.75, 3.05) is 0 Å². The van der Waals surface area contributed by atoms with E-state index in [1.165, 1.54) is 11.1 Å². The van der Waals surface area contributed by atoms with E-state index in [0.717, 1.165) is 12.8 Å². The zero-order chi connectivity index (χ0) is 14.7. The van der Waals surface area contributed by atoms with Crippen LogP contribution in [-0.2, 0) is 0 Å². The molecule has 1 saturated heterocycles. The first-order valence-electron chi connectivity index (χ1n) is 7.83. The average molecular weight is 318 g/mol. The molecule has 0 aliphatic carbocycles. The van der Waals surface area contributed by atoms with Crippen LogP contribution >= 0.6 is 12.4 Å². The van der Waals surface area contributed by atoms with Gasteiger partial charge in [0.1, 0.15) is 0 Å². The Hall–Kier alpha value is -1.35. The van der Waals surface area contributed by atoms with Gasteiger partial charge in [0.15, 0.2) is 0 Å². The van der Waals surface area contributed by atoms with Crippen LogP contribution in [-0.4, -0.2) is 11.2 Å². The number of halogens is 1. The van der Waals surface area contributed by atoms with Gasteiger partial charge in [-0.05, 0) is 24.0 Å². The molecule has 0 aromatic heterocycles. The van der Waals surface area contributed by atoms with Crippen molar-refractivity contribution in [3.05, 3.63) is 71.8 Å². The Morgan fingerprint density at radius 3 is 2.05 bits per heavy atom. The number of piperidine rings is 1. The second-order valence-corrected chi connectivity index (χ2v) is 5.89. The molecule has 0 bridgehead atoms. The van der Waals surface area contributed by atoms with Gasteiger partial charge in [-0.25, -0.2) is 0 Å². The number of benzene rings is 2. The summed E-state index contributed by atoms with van der Waals surface area (Å²) in [6.07, 6.45) is 1.51. The Balaban J connectivity index is 0.00000176. The van der Waals surface area contributed by atoms with Gasteiger partial charge in [0.2, 0.25) is 0 Å². The highest BCUT2D eigenvalue weighted by Gasteiger charge is 2.36. The number of hydrogen-bond donors (Lipinski definition) is 2. The fraction of sp³-hybridized carbons (Fsp3) is 0.368. The molecule has 2 aromatic rings. The maximum atomic E-state index is 10.6. The monoisotopic (exact) mass is 317 g/mol. The molecule has 4 unspecified atom stereocenters. The van der Waals surface area contributed by atoms with Crippen molar-refractivity contribution < 1.29 is 5.11 Å². The molecule has 118 valence electrons. The zero-order valence-electron chi connectivity index (χ0n) is 12.9. The lowest BCUT2D eigenvalue weighted by molar-refractivity contribution is 0.0290. The summed E-state index contributed by atoms with van der Waals surface area (Å²) < 4.78 is 0. The van der Waals surface area contributed by atoms with Crippen LogP contribution < -0.4 is 5.32 Å². The largest absolute Gasteiger partial charge is 0.393 e. The minimum Gasteiger partial charge on any atom is -0.393 e. The maximum Gasteiger partial charge on any atom is 0.0604 e. The van der Waals surface area contributed by atoms with E-state index in [-0.39, 0.29) is 36.5 Å². The number of rotatable bonds is 3. The molecule has 3 rings (SSSR count). The van der Waals surface area contributed by atoms with Crippen molar-refractivity contribution in [2.24, 2.45) is 5.92 Å². The smallest absolute Gasteiger partial charge is 0.0604 e. The lowest BCUT2D eigenvalue weighted by Crippen LogP contribution is -2.44. The first kappa shape index (κ1) is 17.0. The average Bonchev–Trinajstić information content (AvgIpc) is 2.55. The molecule has 4 atom stereocenters. The van der Waals surface area contributed by atoms with Crippen molar-refractivity contribution >= 4 is 12.4 Å². The second kappa shape index (κ2) is 7.77. The summed E-state index contributed by atoms with van der Waals surface area (Å²) in [6, 6.07) is 21.4. The third-order valence-corrected chi connectivity index (χ3v) is 4.61. The van der Waals surface area contributed by atoms with Crippen molar-refractivity contribution in [3.8, 4) is 0 Å². The lowest BCUT2D eigenvalue weighted by Gasteiger charge is -2.41. The molecule has 1 aliphatic rings. The van der Waals surface area contributed by atoms with Gasteiger partial charge in [0, 0.05) is 18.0 Å². The summed E-state index contributed by atoms with van der Waals surface area (Å²) >= 11 is 0. The fourth-order valence-electron chi connectivity index (χ4n) is 3.48. The van der Waals surface area contributed by atoms with E-state index in [0.29, 0.717) is 0 Å². The molecular formula is C19H24ClNO. The van der Waals surface area contributed by atoms with Crippen LogP contribution in [0, 0.1) is 5.92 Å². The van der Waals surface area contributed by atoms with Gasteiger partial charge < -0.3 is 10.4 Å². The normalized spacial score (nSPS) is 27.9. The van der Waals surface area contributed by atoms with E-state index in [2.05, 4.69) is 60.8 Å². The molecule has 1 fully saturated rings. The topological polar surface area (TPSA) is 32.3 Å². The van der Waals surface area contributed by atoms with E-state index in [4.69, 9.17) is 0 Å². The predicted molar refractivity (Wildman–Crippen MR) is 93.2 cm³/mol. The summed E-state index contributed by atoms with van der Waals surface area (Å²) in [5, 5.41) is 14.3. The van der Waals surface area contributed by atoms with Crippen molar-refractivity contribution in [3.63, 3.8) is 0 Å². The molecule has 2 aromatic carbocycles. The van der Waals surface area contributed by atoms with E-state index in [9.17, 15) is 5.11 Å². The molecule has 22 heavy (non-hydrogen) atoms. The summed E-state index contributed by atoms with van der Waals surface area (Å²) in [6.45, 7) is 2.16. The van der Waals surface area contributed by atoms with Gasteiger partial charge in [-0.2, -0.15) is 0 Å². The lowest BCUT2D eigenvalue weighted by atomic mass is 9.78. The van der Waals surface area contributed by atoms with Crippen LogP contribution in [0.15, 0.2) is 60.7 Å². The first-order chi connectivity index (χ1) is 10.3. The van der Waals surface area contributed by atoms with E-state index >= 15 is 0 Å². The second-order valence-electron chi connectivity index (χ2n) is 5.89. The SMILES string of the molecule is CCC1C(O)CC(c2ccccc2)NC1c1ccccc1.Cl. The van der Waals surface area contributed by atoms with Gasteiger partial charge in [0.05, 0.1) is 6.10 Å². The van der Waals surface area contributed by atoms with E-state index in [1.807, 2.05) is 12.1 Å². The highest BCUT2D eigenvalue weighted by Crippen LogP contribution is 2.38. The molecule has 2 N–H and O–H groups in total. The molecule has 3 heteroatoms. The van der Waals surface area contributed by atoms with E-state index < -0.39 is 0 Å². The van der Waals surface area contributed by atoms with Gasteiger partial charge in [0.25, 0.3) is 0 Å². The van der Waals surface area contributed by atoms with Crippen LogP contribution in [0.25, 0.3) is 0 Å². The molecule has 1 aliphatic heterocycles. The Morgan fingerprint density at radius 2 is 1.50 bits per heavy atom. The summed E-state index contributed by atoms with van der Waals surface area (Å²) in [7, 11) is 0. The maximum absolute atomic E-state index is 10.6. The highest BCUT2D eigenvalue weighted by molar-refractivity contribution is 5.85. The molecule has 0 radical (unpaired) electrons. The minimum atomic E-state index is -0.258. The molecule has 0 spiro atoms. The summed E-state index contributed by atoms with van der Waals surface area (Å²) in [5.41, 5.74) is 2.52. The van der Waals surface area contributed by atoms with Gasteiger partial charge in [-0.15, -0.1) is 12.4 Å². The predicted octanol–water partition coefficient (Wildman–Crippen LogP) is 4.27. The fourth-order valence-corrected chi connectivity index (χ4v) is 3.48.